The lowest BCUT2D eigenvalue weighted by atomic mass is 10.0. The first-order chi connectivity index (χ1) is 13.3. The number of hydrogen-bond donors (Lipinski definition) is 1. The summed E-state index contributed by atoms with van der Waals surface area (Å²) >= 11 is 0. The maximum absolute atomic E-state index is 5.81. The lowest BCUT2D eigenvalue weighted by Gasteiger charge is -2.05. The fourth-order valence-electron chi connectivity index (χ4n) is 3.41. The van der Waals surface area contributed by atoms with Gasteiger partial charge in [-0.2, -0.15) is 4.98 Å². The van der Waals surface area contributed by atoms with E-state index in [2.05, 4.69) is 39.8 Å². The molecule has 0 aliphatic heterocycles. The summed E-state index contributed by atoms with van der Waals surface area (Å²) in [5, 5.41) is 4.17. The highest BCUT2D eigenvalue weighted by Gasteiger charge is 2.13. The minimum Gasteiger partial charge on any atom is -0.339 e. The predicted octanol–water partition coefficient (Wildman–Crippen LogP) is 3.27. The Morgan fingerprint density at radius 3 is 2.56 bits per heavy atom. The predicted molar refractivity (Wildman–Crippen MR) is 104 cm³/mol. The molecule has 0 aliphatic carbocycles. The van der Waals surface area contributed by atoms with E-state index in [-0.39, 0.29) is 0 Å². The summed E-state index contributed by atoms with van der Waals surface area (Å²) in [6, 6.07) is 16.3. The molecule has 0 fully saturated rings. The average molecular weight is 361 g/mol. The van der Waals surface area contributed by atoms with Crippen LogP contribution in [0.4, 0.5) is 0 Å². The number of fused-ring (bicyclic) bond motifs is 1. The van der Waals surface area contributed by atoms with Gasteiger partial charge < -0.3 is 14.8 Å². The average Bonchev–Trinajstić information content (AvgIpc) is 3.31. The number of nitrogens with zero attached hydrogens (tertiary/aromatic N) is 4. The van der Waals surface area contributed by atoms with E-state index in [1.165, 1.54) is 5.56 Å². The molecule has 0 saturated heterocycles. The Labute approximate surface area is 158 Å². The van der Waals surface area contributed by atoms with Gasteiger partial charge in [0.2, 0.25) is 5.89 Å². The third-order valence-electron chi connectivity index (χ3n) is 4.81. The van der Waals surface area contributed by atoms with Gasteiger partial charge in [0.05, 0.1) is 17.6 Å². The van der Waals surface area contributed by atoms with E-state index in [9.17, 15) is 0 Å². The van der Waals surface area contributed by atoms with E-state index in [4.69, 9.17) is 15.2 Å². The van der Waals surface area contributed by atoms with Crippen molar-refractivity contribution in [1.82, 2.24) is 19.7 Å². The van der Waals surface area contributed by atoms with Crippen LogP contribution in [-0.4, -0.2) is 19.7 Å². The molecule has 0 unspecified atom stereocenters. The second kappa shape index (κ2) is 7.72. The molecule has 0 atom stereocenters. The largest absolute Gasteiger partial charge is 0.339 e. The van der Waals surface area contributed by atoms with E-state index < -0.39 is 0 Å². The van der Waals surface area contributed by atoms with Crippen molar-refractivity contribution in [3.8, 4) is 0 Å². The molecule has 2 heterocycles. The van der Waals surface area contributed by atoms with Gasteiger partial charge in [0.15, 0.2) is 5.82 Å². The van der Waals surface area contributed by atoms with Gasteiger partial charge in [0.25, 0.3) is 0 Å². The molecule has 0 radical (unpaired) electrons. The Kier molecular flexibility index (Phi) is 4.98. The van der Waals surface area contributed by atoms with Crippen molar-refractivity contribution < 1.29 is 4.52 Å². The molecule has 6 nitrogen and oxygen atoms in total. The number of aromatic nitrogens is 4. The molecular formula is C21H23N5O. The van der Waals surface area contributed by atoms with Crippen molar-refractivity contribution in [3.05, 3.63) is 77.2 Å². The van der Waals surface area contributed by atoms with Crippen molar-refractivity contribution >= 4 is 11.0 Å². The third-order valence-corrected chi connectivity index (χ3v) is 4.81. The third kappa shape index (κ3) is 3.61. The first-order valence-electron chi connectivity index (χ1n) is 9.31. The molecule has 0 bridgehead atoms. The minimum absolute atomic E-state index is 0.540. The number of benzene rings is 2. The molecule has 0 saturated carbocycles. The Morgan fingerprint density at radius 1 is 0.963 bits per heavy atom. The lowest BCUT2D eigenvalue weighted by molar-refractivity contribution is 0.372. The van der Waals surface area contributed by atoms with Gasteiger partial charge in [-0.1, -0.05) is 48.5 Å². The van der Waals surface area contributed by atoms with Gasteiger partial charge >= 0.3 is 0 Å². The molecule has 27 heavy (non-hydrogen) atoms. The van der Waals surface area contributed by atoms with Gasteiger partial charge in [-0.25, -0.2) is 4.98 Å². The number of hydrogen-bond acceptors (Lipinski definition) is 5. The van der Waals surface area contributed by atoms with E-state index in [1.807, 2.05) is 30.3 Å². The molecule has 2 aromatic heterocycles. The quantitative estimate of drug-likeness (QED) is 0.546. The molecule has 0 aliphatic rings. The molecule has 4 aromatic rings. The second-order valence-corrected chi connectivity index (χ2v) is 6.53. The van der Waals surface area contributed by atoms with Crippen LogP contribution in [-0.2, 0) is 32.4 Å². The van der Waals surface area contributed by atoms with Gasteiger partial charge in [0, 0.05) is 19.4 Å². The summed E-state index contributed by atoms with van der Waals surface area (Å²) in [5.74, 6) is 2.36. The number of nitrogens with two attached hydrogens (primary N) is 1. The van der Waals surface area contributed by atoms with Crippen LogP contribution in [0.1, 0.15) is 35.6 Å². The zero-order valence-corrected chi connectivity index (χ0v) is 15.4. The lowest BCUT2D eigenvalue weighted by Crippen LogP contribution is -2.06. The highest BCUT2D eigenvalue weighted by atomic mass is 16.5. The van der Waals surface area contributed by atoms with E-state index in [0.29, 0.717) is 31.2 Å². The fourth-order valence-corrected chi connectivity index (χ4v) is 3.41. The summed E-state index contributed by atoms with van der Waals surface area (Å²) in [7, 11) is 0. The first-order valence-corrected chi connectivity index (χ1v) is 9.31. The zero-order chi connectivity index (χ0) is 18.6. The van der Waals surface area contributed by atoms with Crippen molar-refractivity contribution in [2.75, 3.05) is 0 Å². The second-order valence-electron chi connectivity index (χ2n) is 6.53. The SMILES string of the molecule is CCc1nc2ccccc2n1Cc1noc(CCc2ccccc2CN)n1. The number of rotatable bonds is 7. The van der Waals surface area contributed by atoms with Gasteiger partial charge in [-0.05, 0) is 29.7 Å². The van der Waals surface area contributed by atoms with Crippen molar-refractivity contribution in [2.24, 2.45) is 5.73 Å². The normalized spacial score (nSPS) is 11.3. The molecule has 138 valence electrons. The summed E-state index contributed by atoms with van der Waals surface area (Å²) in [4.78, 5) is 9.27. The molecule has 0 amide bonds. The number of imidazole rings is 1. The summed E-state index contributed by atoms with van der Waals surface area (Å²) in [6.45, 7) is 3.21. The Balaban J connectivity index is 1.50. The first kappa shape index (κ1) is 17.4. The van der Waals surface area contributed by atoms with E-state index in [1.54, 1.807) is 0 Å². The number of para-hydroxylation sites is 2. The van der Waals surface area contributed by atoms with Crippen LogP contribution in [0.25, 0.3) is 11.0 Å². The standard InChI is InChI=1S/C21H23N5O/c1-2-20-23-17-9-5-6-10-18(17)26(20)14-19-24-21(27-25-19)12-11-15-7-3-4-8-16(15)13-22/h3-10H,2,11-14,22H2,1H3. The molecule has 2 aromatic carbocycles. The highest BCUT2D eigenvalue weighted by Crippen LogP contribution is 2.18. The van der Waals surface area contributed by atoms with Crippen LogP contribution in [0.15, 0.2) is 53.1 Å². The Morgan fingerprint density at radius 2 is 1.74 bits per heavy atom. The number of aryl methyl sites for hydroxylation is 3. The van der Waals surface area contributed by atoms with Crippen molar-refractivity contribution in [2.45, 2.75) is 39.3 Å². The van der Waals surface area contributed by atoms with Gasteiger partial charge in [0.1, 0.15) is 5.82 Å². The van der Waals surface area contributed by atoms with E-state index in [0.717, 1.165) is 35.3 Å². The summed E-state index contributed by atoms with van der Waals surface area (Å²) in [5.41, 5.74) is 10.3. The topological polar surface area (TPSA) is 82.8 Å². The van der Waals surface area contributed by atoms with Crippen LogP contribution >= 0.6 is 0 Å². The molecular weight excluding hydrogens is 338 g/mol. The van der Waals surface area contributed by atoms with Gasteiger partial charge in [-0.15, -0.1) is 0 Å². The van der Waals surface area contributed by atoms with Crippen molar-refractivity contribution in [1.29, 1.82) is 0 Å². The molecule has 2 N–H and O–H groups in total. The van der Waals surface area contributed by atoms with Crippen LogP contribution in [0.2, 0.25) is 0 Å². The molecule has 6 heteroatoms. The van der Waals surface area contributed by atoms with Crippen molar-refractivity contribution in [3.63, 3.8) is 0 Å². The zero-order valence-electron chi connectivity index (χ0n) is 15.4. The molecule has 0 spiro atoms. The molecule has 4 rings (SSSR count). The fraction of sp³-hybridized carbons (Fsp3) is 0.286. The minimum atomic E-state index is 0.540. The Bertz CT molecular complexity index is 1050. The van der Waals surface area contributed by atoms with Crippen LogP contribution in [0, 0.1) is 0 Å². The smallest absolute Gasteiger partial charge is 0.227 e. The van der Waals surface area contributed by atoms with Crippen LogP contribution in [0.5, 0.6) is 0 Å². The van der Waals surface area contributed by atoms with E-state index >= 15 is 0 Å². The summed E-state index contributed by atoms with van der Waals surface area (Å²) in [6.07, 6.45) is 2.40. The Hall–Kier alpha value is -2.99. The highest BCUT2D eigenvalue weighted by molar-refractivity contribution is 5.76. The summed E-state index contributed by atoms with van der Waals surface area (Å²) < 4.78 is 7.63. The maximum atomic E-state index is 5.81. The van der Waals surface area contributed by atoms with Crippen LogP contribution < -0.4 is 5.73 Å². The monoisotopic (exact) mass is 361 g/mol. The van der Waals surface area contributed by atoms with Crippen LogP contribution in [0.3, 0.4) is 0 Å². The maximum Gasteiger partial charge on any atom is 0.227 e. The van der Waals surface area contributed by atoms with Gasteiger partial charge in [-0.3, -0.25) is 0 Å².